The van der Waals surface area contributed by atoms with Gasteiger partial charge < -0.3 is 0 Å². The van der Waals surface area contributed by atoms with Crippen LogP contribution in [0.3, 0.4) is 0 Å². The maximum absolute atomic E-state index is 11.9. The van der Waals surface area contributed by atoms with Crippen LogP contribution in [0.5, 0.6) is 0 Å². The van der Waals surface area contributed by atoms with Gasteiger partial charge in [0.15, 0.2) is 0 Å². The van der Waals surface area contributed by atoms with E-state index in [0.29, 0.717) is 5.56 Å². The van der Waals surface area contributed by atoms with Crippen LogP contribution in [0.15, 0.2) is 35.2 Å². The summed E-state index contributed by atoms with van der Waals surface area (Å²) >= 11 is 0. The summed E-state index contributed by atoms with van der Waals surface area (Å²) in [6.45, 7) is 3.32. The molecule has 0 radical (unpaired) electrons. The number of rotatable bonds is 3. The third-order valence-electron chi connectivity index (χ3n) is 1.61. The van der Waals surface area contributed by atoms with E-state index in [1.165, 1.54) is 0 Å². The van der Waals surface area contributed by atoms with Gasteiger partial charge in [0.2, 0.25) is 0 Å². The second kappa shape index (κ2) is 4.32. The van der Waals surface area contributed by atoms with Gasteiger partial charge in [-0.25, -0.2) is 0 Å². The molecule has 1 rings (SSSR count). The van der Waals surface area contributed by atoms with Crippen LogP contribution in [-0.4, -0.2) is 4.21 Å². The van der Waals surface area contributed by atoms with Gasteiger partial charge in [0, 0.05) is 0 Å². The van der Waals surface area contributed by atoms with Crippen LogP contribution in [0.2, 0.25) is 0 Å². The smallest absolute Gasteiger partial charge is 0.180 e. The lowest BCUT2D eigenvalue weighted by molar-refractivity contribution is 0.584. The molecule has 0 amide bonds. The second-order valence-corrected chi connectivity index (χ2v) is 3.68. The molecule has 0 aliphatic carbocycles. The highest BCUT2D eigenvalue weighted by Gasteiger charge is 2.00. The Kier molecular flexibility index (Phi) is 3.35. The summed E-state index contributed by atoms with van der Waals surface area (Å²) in [7, 11) is -4.98. The van der Waals surface area contributed by atoms with Crippen molar-refractivity contribution in [1.29, 1.82) is 0 Å². The normalized spacial score (nSPS) is 11.0. The molecule has 0 fully saturated rings. The summed E-state index contributed by atoms with van der Waals surface area (Å²) in [5, 5.41) is 0. The van der Waals surface area contributed by atoms with E-state index < -0.39 is 10.5 Å². The van der Waals surface area contributed by atoms with Gasteiger partial charge in [-0.1, -0.05) is 44.7 Å². The van der Waals surface area contributed by atoms with Crippen LogP contribution in [-0.2, 0) is 17.0 Å². The van der Waals surface area contributed by atoms with Crippen LogP contribution in [0.25, 0.3) is 6.08 Å². The maximum Gasteiger partial charge on any atom is 0.367 e. The summed E-state index contributed by atoms with van der Waals surface area (Å²) in [5.74, 6) is 0. The Labute approximate surface area is 82.0 Å². The maximum atomic E-state index is 11.9. The Morgan fingerprint density at radius 3 is 2.36 bits per heavy atom. The van der Waals surface area contributed by atoms with Gasteiger partial charge in [-0.05, 0) is 11.1 Å². The summed E-state index contributed by atoms with van der Waals surface area (Å²) in [5.41, 5.74) is 1.49. The Bertz CT molecular complexity index is 425. The van der Waals surface area contributed by atoms with E-state index in [2.05, 4.69) is 10.9 Å². The zero-order valence-corrected chi connectivity index (χ0v) is 8.14. The fourth-order valence-corrected chi connectivity index (χ4v) is 1.21. The molecule has 0 aromatic heterocycles. The van der Waals surface area contributed by atoms with Crippen molar-refractivity contribution in [2.24, 2.45) is 4.36 Å². The molecule has 1 aromatic carbocycles. The first-order chi connectivity index (χ1) is 6.51. The minimum absolute atomic E-state index is 0.233. The third kappa shape index (κ3) is 3.66. The Balaban J connectivity index is 2.80. The van der Waals surface area contributed by atoms with Gasteiger partial charge in [0.25, 0.3) is 0 Å². The van der Waals surface area contributed by atoms with Crippen LogP contribution < -0.4 is 0 Å². The summed E-state index contributed by atoms with van der Waals surface area (Å²) in [6.07, 6.45) is 1.65. The lowest BCUT2D eigenvalue weighted by Crippen LogP contribution is -1.84. The first-order valence-electron chi connectivity index (χ1n) is 3.85. The number of hydrogen-bond acceptors (Lipinski definition) is 2. The standard InChI is InChI=1S/C9H9F2NOS/c1-2-8-3-5-9(6-4-8)7-12-14(10,11)13/h2-6H,1,7H2. The van der Waals surface area contributed by atoms with Crippen LogP contribution in [0.1, 0.15) is 11.1 Å². The van der Waals surface area contributed by atoms with Crippen molar-refractivity contribution in [2.45, 2.75) is 6.54 Å². The van der Waals surface area contributed by atoms with E-state index in [-0.39, 0.29) is 6.54 Å². The van der Waals surface area contributed by atoms with Crippen molar-refractivity contribution in [3.05, 3.63) is 42.0 Å². The molecule has 0 atom stereocenters. The molecule has 0 aliphatic heterocycles. The molecule has 0 saturated carbocycles. The number of hydrogen-bond donors (Lipinski definition) is 0. The van der Waals surface area contributed by atoms with Crippen molar-refractivity contribution in [3.63, 3.8) is 0 Å². The molecule has 2 nitrogen and oxygen atoms in total. The minimum atomic E-state index is -4.98. The van der Waals surface area contributed by atoms with Crippen molar-refractivity contribution in [1.82, 2.24) is 0 Å². The SMILES string of the molecule is C=Cc1ccc(CN=S(=O)(F)F)cc1. The molecule has 0 N–H and O–H groups in total. The average Bonchev–Trinajstić information content (AvgIpc) is 2.14. The molecule has 0 saturated heterocycles. The largest absolute Gasteiger partial charge is 0.367 e. The summed E-state index contributed by atoms with van der Waals surface area (Å²) < 4.78 is 36.5. The zero-order chi connectivity index (χ0) is 10.6. The van der Waals surface area contributed by atoms with Crippen LogP contribution in [0, 0.1) is 0 Å². The molecule has 0 aliphatic rings. The number of nitrogens with zero attached hydrogens (tertiary/aromatic N) is 1. The van der Waals surface area contributed by atoms with Crippen molar-refractivity contribution >= 4 is 16.6 Å². The predicted octanol–water partition coefficient (Wildman–Crippen LogP) is 3.07. The Morgan fingerprint density at radius 2 is 1.93 bits per heavy atom. The minimum Gasteiger partial charge on any atom is -0.180 e. The van der Waals surface area contributed by atoms with E-state index in [4.69, 9.17) is 0 Å². The second-order valence-electron chi connectivity index (χ2n) is 2.63. The third-order valence-corrected chi connectivity index (χ3v) is 2.04. The molecule has 0 bridgehead atoms. The summed E-state index contributed by atoms with van der Waals surface area (Å²) in [6, 6.07) is 6.75. The van der Waals surface area contributed by atoms with Gasteiger partial charge in [0.1, 0.15) is 0 Å². The molecule has 0 heterocycles. The zero-order valence-electron chi connectivity index (χ0n) is 7.32. The summed E-state index contributed by atoms with van der Waals surface area (Å²) in [4.78, 5) is 0. The van der Waals surface area contributed by atoms with Crippen LogP contribution in [0.4, 0.5) is 7.77 Å². The van der Waals surface area contributed by atoms with E-state index in [9.17, 15) is 12.0 Å². The lowest BCUT2D eigenvalue weighted by atomic mass is 10.1. The quantitative estimate of drug-likeness (QED) is 0.715. The average molecular weight is 217 g/mol. The van der Waals surface area contributed by atoms with E-state index in [1.807, 2.05) is 0 Å². The highest BCUT2D eigenvalue weighted by atomic mass is 32.3. The molecular formula is C9H9F2NOS. The molecule has 5 heteroatoms. The molecular weight excluding hydrogens is 208 g/mol. The lowest BCUT2D eigenvalue weighted by Gasteiger charge is -1.96. The Hall–Kier alpha value is -1.23. The van der Waals surface area contributed by atoms with E-state index in [0.717, 1.165) is 5.56 Å². The van der Waals surface area contributed by atoms with Gasteiger partial charge in [-0.3, -0.25) is 0 Å². The molecule has 14 heavy (non-hydrogen) atoms. The topological polar surface area (TPSA) is 29.4 Å². The molecule has 0 spiro atoms. The van der Waals surface area contributed by atoms with Crippen molar-refractivity contribution in [3.8, 4) is 0 Å². The van der Waals surface area contributed by atoms with E-state index >= 15 is 0 Å². The van der Waals surface area contributed by atoms with E-state index in [1.54, 1.807) is 30.3 Å². The Morgan fingerprint density at radius 1 is 1.36 bits per heavy atom. The first-order valence-corrected chi connectivity index (χ1v) is 5.16. The fourth-order valence-electron chi connectivity index (χ4n) is 0.909. The van der Waals surface area contributed by atoms with Gasteiger partial charge in [0.05, 0.1) is 6.54 Å². The van der Waals surface area contributed by atoms with Gasteiger partial charge in [-0.15, -0.1) is 0 Å². The first kappa shape index (κ1) is 10.8. The van der Waals surface area contributed by atoms with Crippen LogP contribution >= 0.6 is 0 Å². The monoisotopic (exact) mass is 217 g/mol. The number of halogens is 2. The molecule has 0 unspecified atom stereocenters. The van der Waals surface area contributed by atoms with Gasteiger partial charge in [-0.2, -0.15) is 8.57 Å². The highest BCUT2D eigenvalue weighted by molar-refractivity contribution is 7.83. The van der Waals surface area contributed by atoms with Crippen molar-refractivity contribution in [2.75, 3.05) is 0 Å². The highest BCUT2D eigenvalue weighted by Crippen LogP contribution is 2.09. The number of benzene rings is 1. The molecule has 76 valence electrons. The fraction of sp³-hybridized carbons (Fsp3) is 0.111. The van der Waals surface area contributed by atoms with Crippen molar-refractivity contribution < 1.29 is 12.0 Å². The molecule has 1 aromatic rings. The van der Waals surface area contributed by atoms with Gasteiger partial charge >= 0.3 is 10.5 Å². The predicted molar refractivity (Wildman–Crippen MR) is 53.0 cm³/mol.